The Balaban J connectivity index is 1.80. The van der Waals surface area contributed by atoms with Crippen molar-refractivity contribution in [3.63, 3.8) is 0 Å². The topological polar surface area (TPSA) is 24.5 Å². The van der Waals surface area contributed by atoms with Gasteiger partial charge in [-0.1, -0.05) is 38.1 Å². The second kappa shape index (κ2) is 7.87. The Kier molecular flexibility index (Phi) is 5.59. The van der Waals surface area contributed by atoms with Crippen LogP contribution in [0.2, 0.25) is 0 Å². The predicted octanol–water partition coefficient (Wildman–Crippen LogP) is 4.86. The zero-order valence-corrected chi connectivity index (χ0v) is 16.0. The number of methoxy groups -OCH3 is 1. The minimum absolute atomic E-state index is 0.538. The molecule has 0 spiro atoms. The van der Waals surface area contributed by atoms with E-state index in [1.165, 1.54) is 24.0 Å². The fraction of sp³-hybridized carbons (Fsp3) is 0.381. The third kappa shape index (κ3) is 4.73. The summed E-state index contributed by atoms with van der Waals surface area (Å²) in [5, 5.41) is 4.25. The summed E-state index contributed by atoms with van der Waals surface area (Å²) in [5.41, 5.74) is 3.69. The van der Waals surface area contributed by atoms with Gasteiger partial charge in [-0.05, 0) is 66.4 Å². The highest BCUT2D eigenvalue weighted by atomic mass is 32.1. The van der Waals surface area contributed by atoms with E-state index in [1.54, 1.807) is 7.11 Å². The van der Waals surface area contributed by atoms with Crippen molar-refractivity contribution in [1.82, 2.24) is 5.32 Å². The van der Waals surface area contributed by atoms with Gasteiger partial charge in [0, 0.05) is 11.7 Å². The molecule has 1 aliphatic carbocycles. The molecule has 0 atom stereocenters. The van der Waals surface area contributed by atoms with Crippen LogP contribution in [0, 0.1) is 0 Å². The Labute approximate surface area is 156 Å². The van der Waals surface area contributed by atoms with E-state index in [-0.39, 0.29) is 0 Å². The van der Waals surface area contributed by atoms with Crippen LogP contribution in [0.25, 0.3) is 0 Å². The third-order valence-electron chi connectivity index (χ3n) is 4.52. The molecule has 0 saturated heterocycles. The lowest BCUT2D eigenvalue weighted by molar-refractivity contribution is 0.415. The smallest absolute Gasteiger partial charge is 0.173 e. The van der Waals surface area contributed by atoms with Crippen LogP contribution >= 0.6 is 12.2 Å². The van der Waals surface area contributed by atoms with Crippen molar-refractivity contribution in [2.45, 2.75) is 45.2 Å². The monoisotopic (exact) mass is 354 g/mol. The summed E-state index contributed by atoms with van der Waals surface area (Å²) in [6.07, 6.45) is 2.42. The van der Waals surface area contributed by atoms with Crippen LogP contribution in [-0.2, 0) is 6.54 Å². The highest BCUT2D eigenvalue weighted by molar-refractivity contribution is 7.80. The molecule has 3 rings (SSSR count). The lowest BCUT2D eigenvalue weighted by Crippen LogP contribution is -2.40. The molecule has 0 unspecified atom stereocenters. The van der Waals surface area contributed by atoms with Gasteiger partial charge < -0.3 is 15.0 Å². The second-order valence-electron chi connectivity index (χ2n) is 6.90. The first-order valence-corrected chi connectivity index (χ1v) is 9.28. The number of nitrogens with one attached hydrogen (secondary N) is 1. The third-order valence-corrected chi connectivity index (χ3v) is 4.86. The van der Waals surface area contributed by atoms with Crippen molar-refractivity contribution in [3.8, 4) is 5.75 Å². The van der Waals surface area contributed by atoms with Crippen LogP contribution in [-0.4, -0.2) is 18.3 Å². The van der Waals surface area contributed by atoms with Crippen LogP contribution < -0.4 is 15.0 Å². The average Bonchev–Trinajstić information content (AvgIpc) is 3.44. The minimum Gasteiger partial charge on any atom is -0.497 e. The summed E-state index contributed by atoms with van der Waals surface area (Å²) in [6, 6.07) is 17.4. The van der Waals surface area contributed by atoms with Crippen LogP contribution in [0.1, 0.15) is 43.7 Å². The number of hydrogen-bond acceptors (Lipinski definition) is 2. The molecule has 2 aromatic rings. The molecular formula is C21H26N2OS. The number of nitrogens with zero attached hydrogens (tertiary/aromatic N) is 1. The number of rotatable bonds is 6. The summed E-state index contributed by atoms with van der Waals surface area (Å²) >= 11 is 5.68. The Morgan fingerprint density at radius 2 is 1.76 bits per heavy atom. The van der Waals surface area contributed by atoms with Crippen molar-refractivity contribution in [3.05, 3.63) is 59.7 Å². The number of anilines is 1. The van der Waals surface area contributed by atoms with Crippen LogP contribution in [0.3, 0.4) is 0 Å². The number of benzene rings is 2. The van der Waals surface area contributed by atoms with Gasteiger partial charge in [0.2, 0.25) is 0 Å². The number of thiocarbonyl (C=S) groups is 1. The second-order valence-corrected chi connectivity index (χ2v) is 7.29. The fourth-order valence-electron chi connectivity index (χ4n) is 2.71. The molecule has 0 radical (unpaired) electrons. The molecule has 2 aromatic carbocycles. The first-order chi connectivity index (χ1) is 12.1. The van der Waals surface area contributed by atoms with Gasteiger partial charge in [-0.3, -0.25) is 0 Å². The van der Waals surface area contributed by atoms with Crippen molar-refractivity contribution in [2.24, 2.45) is 0 Å². The largest absolute Gasteiger partial charge is 0.497 e. The summed E-state index contributed by atoms with van der Waals surface area (Å²) in [4.78, 5) is 2.16. The lowest BCUT2D eigenvalue weighted by atomic mass is 10.0. The van der Waals surface area contributed by atoms with E-state index in [0.717, 1.165) is 23.1 Å². The molecule has 3 nitrogen and oxygen atoms in total. The van der Waals surface area contributed by atoms with E-state index in [2.05, 4.69) is 60.5 Å². The van der Waals surface area contributed by atoms with Crippen LogP contribution in [0.5, 0.6) is 5.75 Å². The quantitative estimate of drug-likeness (QED) is 0.749. The first kappa shape index (κ1) is 17.7. The molecule has 132 valence electrons. The minimum atomic E-state index is 0.538. The summed E-state index contributed by atoms with van der Waals surface area (Å²) in [6.45, 7) is 5.18. The number of ether oxygens (including phenoxy) is 1. The van der Waals surface area contributed by atoms with Gasteiger partial charge in [-0.2, -0.15) is 0 Å². The fourth-order valence-corrected chi connectivity index (χ4v) is 3.05. The Morgan fingerprint density at radius 3 is 2.28 bits per heavy atom. The number of hydrogen-bond donors (Lipinski definition) is 1. The van der Waals surface area contributed by atoms with Gasteiger partial charge in [0.1, 0.15) is 5.75 Å². The molecule has 0 aromatic heterocycles. The maximum atomic E-state index is 5.68. The predicted molar refractivity (Wildman–Crippen MR) is 108 cm³/mol. The van der Waals surface area contributed by atoms with E-state index in [0.29, 0.717) is 12.0 Å². The standard InChI is InChI=1S/C21H26N2OS/c1-15(2)17-6-4-16(5-7-17)14-23(21(25)22-18-8-9-18)19-10-12-20(24-3)13-11-19/h4-7,10-13,15,18H,8-9,14H2,1-3H3,(H,22,25). The maximum Gasteiger partial charge on any atom is 0.173 e. The summed E-state index contributed by atoms with van der Waals surface area (Å²) < 4.78 is 5.27. The lowest BCUT2D eigenvalue weighted by Gasteiger charge is -2.26. The zero-order chi connectivity index (χ0) is 17.8. The maximum absolute atomic E-state index is 5.68. The normalized spacial score (nSPS) is 13.6. The van der Waals surface area contributed by atoms with E-state index < -0.39 is 0 Å². The van der Waals surface area contributed by atoms with Crippen LogP contribution in [0.15, 0.2) is 48.5 Å². The van der Waals surface area contributed by atoms with Crippen molar-refractivity contribution >= 4 is 23.0 Å². The Bertz CT molecular complexity index is 706. The molecule has 1 aliphatic rings. The summed E-state index contributed by atoms with van der Waals surface area (Å²) in [7, 11) is 1.68. The molecule has 1 fully saturated rings. The first-order valence-electron chi connectivity index (χ1n) is 8.87. The molecule has 0 heterocycles. The van der Waals surface area contributed by atoms with E-state index in [1.807, 2.05) is 12.1 Å². The van der Waals surface area contributed by atoms with Crippen molar-refractivity contribution in [2.75, 3.05) is 12.0 Å². The molecule has 25 heavy (non-hydrogen) atoms. The van der Waals surface area contributed by atoms with Gasteiger partial charge in [0.25, 0.3) is 0 Å². The van der Waals surface area contributed by atoms with E-state index in [9.17, 15) is 0 Å². The Morgan fingerprint density at radius 1 is 1.12 bits per heavy atom. The summed E-state index contributed by atoms with van der Waals surface area (Å²) in [5.74, 6) is 1.40. The zero-order valence-electron chi connectivity index (χ0n) is 15.2. The van der Waals surface area contributed by atoms with E-state index >= 15 is 0 Å². The van der Waals surface area contributed by atoms with Gasteiger partial charge in [-0.25, -0.2) is 0 Å². The van der Waals surface area contributed by atoms with Gasteiger partial charge in [-0.15, -0.1) is 0 Å². The molecule has 1 N–H and O–H groups in total. The van der Waals surface area contributed by atoms with Crippen LogP contribution in [0.4, 0.5) is 5.69 Å². The molecule has 0 amide bonds. The molecule has 0 aliphatic heterocycles. The highest BCUT2D eigenvalue weighted by Gasteiger charge is 2.24. The van der Waals surface area contributed by atoms with E-state index in [4.69, 9.17) is 17.0 Å². The average molecular weight is 355 g/mol. The van der Waals surface area contributed by atoms with Crippen molar-refractivity contribution in [1.29, 1.82) is 0 Å². The van der Waals surface area contributed by atoms with Gasteiger partial charge >= 0.3 is 0 Å². The highest BCUT2D eigenvalue weighted by Crippen LogP contribution is 2.24. The molecule has 1 saturated carbocycles. The van der Waals surface area contributed by atoms with Gasteiger partial charge in [0.05, 0.1) is 13.7 Å². The van der Waals surface area contributed by atoms with Crippen molar-refractivity contribution < 1.29 is 4.74 Å². The SMILES string of the molecule is COc1ccc(N(Cc2ccc(C(C)C)cc2)C(=S)NC2CC2)cc1. The molecule has 4 heteroatoms. The Hall–Kier alpha value is -2.07. The molecular weight excluding hydrogens is 328 g/mol. The molecule has 0 bridgehead atoms. The van der Waals surface area contributed by atoms with Gasteiger partial charge in [0.15, 0.2) is 5.11 Å².